The van der Waals surface area contributed by atoms with Gasteiger partial charge < -0.3 is 14.6 Å². The fourth-order valence-corrected chi connectivity index (χ4v) is 5.98. The maximum atomic E-state index is 13.6. The molecule has 0 bridgehead atoms. The SMILES string of the molecule is Cc1ccc(C(=O)c2c(O)c(O)n(-c3nc4ccc(S(C)(=O)=O)cc4s3)c2-c2ccc(C(C)(C)C)cc2)o1. The third-order valence-corrected chi connectivity index (χ3v) is 8.42. The Morgan fingerprint density at radius 1 is 1.03 bits per heavy atom. The largest absolute Gasteiger partial charge is 0.503 e. The minimum absolute atomic E-state index is 0.0182. The van der Waals surface area contributed by atoms with Crippen LogP contribution in [-0.2, 0) is 15.3 Å². The molecule has 0 radical (unpaired) electrons. The predicted octanol–water partition coefficient (Wildman–Crippen LogP) is 6.00. The highest BCUT2D eigenvalue weighted by molar-refractivity contribution is 7.90. The molecule has 10 heteroatoms. The van der Waals surface area contributed by atoms with Gasteiger partial charge in [0.2, 0.25) is 11.7 Å². The van der Waals surface area contributed by atoms with E-state index in [9.17, 15) is 23.4 Å². The highest BCUT2D eigenvalue weighted by Gasteiger charge is 2.32. The van der Waals surface area contributed by atoms with Crippen LogP contribution in [0.15, 0.2) is 63.9 Å². The fraction of sp³-hybridized carbons (Fsp3) is 0.214. The van der Waals surface area contributed by atoms with Crippen LogP contribution >= 0.6 is 11.3 Å². The molecule has 2 aromatic carbocycles. The zero-order valence-electron chi connectivity index (χ0n) is 21.4. The number of benzene rings is 2. The van der Waals surface area contributed by atoms with Gasteiger partial charge in [-0.15, -0.1) is 0 Å². The summed E-state index contributed by atoms with van der Waals surface area (Å²) in [6.45, 7) is 7.96. The lowest BCUT2D eigenvalue weighted by Crippen LogP contribution is -2.10. The van der Waals surface area contributed by atoms with Crippen molar-refractivity contribution < 1.29 is 27.8 Å². The van der Waals surface area contributed by atoms with E-state index in [0.29, 0.717) is 21.5 Å². The van der Waals surface area contributed by atoms with E-state index >= 15 is 0 Å². The Labute approximate surface area is 223 Å². The summed E-state index contributed by atoms with van der Waals surface area (Å²) >= 11 is 1.13. The Bertz CT molecular complexity index is 1820. The van der Waals surface area contributed by atoms with Gasteiger partial charge in [-0.25, -0.2) is 13.4 Å². The molecule has 0 aliphatic heterocycles. The summed E-state index contributed by atoms with van der Waals surface area (Å²) in [4.78, 5) is 18.3. The standard InChI is InChI=1S/C28H26N2O6S2/c1-15-6-13-20(36-15)24(31)22-23(16-7-9-17(10-8-16)28(2,3)4)30(26(33)25(22)32)27-29-19-12-11-18(38(5,34)35)14-21(19)37-27/h6-14,32-33H,1-5H3. The van der Waals surface area contributed by atoms with Crippen molar-refractivity contribution in [2.24, 2.45) is 0 Å². The average molecular weight is 551 g/mol. The van der Waals surface area contributed by atoms with Crippen molar-refractivity contribution in [2.45, 2.75) is 38.0 Å². The van der Waals surface area contributed by atoms with E-state index in [4.69, 9.17) is 4.42 Å². The molecule has 0 spiro atoms. The molecule has 38 heavy (non-hydrogen) atoms. The van der Waals surface area contributed by atoms with Gasteiger partial charge in [-0.1, -0.05) is 56.4 Å². The molecule has 2 N–H and O–H groups in total. The Kier molecular flexibility index (Phi) is 6.00. The van der Waals surface area contributed by atoms with Gasteiger partial charge in [-0.05, 0) is 53.8 Å². The third-order valence-electron chi connectivity index (χ3n) is 6.30. The lowest BCUT2D eigenvalue weighted by Gasteiger charge is -2.19. The Morgan fingerprint density at radius 3 is 2.29 bits per heavy atom. The van der Waals surface area contributed by atoms with Gasteiger partial charge in [0.25, 0.3) is 0 Å². The average Bonchev–Trinajstić information content (AvgIpc) is 3.53. The number of rotatable bonds is 5. The lowest BCUT2D eigenvalue weighted by molar-refractivity contribution is 0.101. The summed E-state index contributed by atoms with van der Waals surface area (Å²) in [5.41, 5.74) is 2.14. The summed E-state index contributed by atoms with van der Waals surface area (Å²) in [6, 6.07) is 15.2. The molecule has 5 rings (SSSR count). The molecule has 8 nitrogen and oxygen atoms in total. The number of furan rings is 1. The molecule has 0 unspecified atom stereocenters. The number of carbonyl (C=O) groups is 1. The van der Waals surface area contributed by atoms with Crippen molar-refractivity contribution in [3.05, 3.63) is 77.2 Å². The second kappa shape index (κ2) is 8.85. The van der Waals surface area contributed by atoms with Crippen LogP contribution in [0.4, 0.5) is 0 Å². The monoisotopic (exact) mass is 550 g/mol. The number of aromatic hydroxyl groups is 2. The van der Waals surface area contributed by atoms with Crippen LogP contribution in [0.1, 0.15) is 48.2 Å². The Hall–Kier alpha value is -3.89. The first kappa shape index (κ1) is 25.7. The lowest BCUT2D eigenvalue weighted by atomic mass is 9.86. The van der Waals surface area contributed by atoms with Crippen LogP contribution in [-0.4, -0.2) is 40.2 Å². The molecule has 0 amide bonds. The number of ketones is 1. The van der Waals surface area contributed by atoms with Crippen molar-refractivity contribution in [1.82, 2.24) is 9.55 Å². The summed E-state index contributed by atoms with van der Waals surface area (Å²) < 4.78 is 31.5. The van der Waals surface area contributed by atoms with Crippen molar-refractivity contribution >= 4 is 37.2 Å². The van der Waals surface area contributed by atoms with Crippen LogP contribution in [0.3, 0.4) is 0 Å². The summed E-state index contributed by atoms with van der Waals surface area (Å²) in [6.07, 6.45) is 1.12. The first-order valence-electron chi connectivity index (χ1n) is 11.8. The topological polar surface area (TPSA) is 123 Å². The summed E-state index contributed by atoms with van der Waals surface area (Å²) in [5.74, 6) is -1.21. The van der Waals surface area contributed by atoms with Crippen LogP contribution in [0.25, 0.3) is 26.6 Å². The molecule has 0 saturated heterocycles. The van der Waals surface area contributed by atoms with Crippen LogP contribution in [0.2, 0.25) is 0 Å². The maximum absolute atomic E-state index is 13.6. The zero-order valence-corrected chi connectivity index (χ0v) is 23.1. The highest BCUT2D eigenvalue weighted by atomic mass is 32.2. The van der Waals surface area contributed by atoms with Crippen molar-refractivity contribution in [3.63, 3.8) is 0 Å². The molecule has 0 atom stereocenters. The van der Waals surface area contributed by atoms with Gasteiger partial charge in [0, 0.05) is 6.26 Å². The molecular formula is C28H26N2O6S2. The smallest absolute Gasteiger partial charge is 0.242 e. The number of nitrogens with zero attached hydrogens (tertiary/aromatic N) is 2. The molecule has 0 aliphatic carbocycles. The van der Waals surface area contributed by atoms with Crippen molar-refractivity contribution in [3.8, 4) is 28.0 Å². The van der Waals surface area contributed by atoms with Gasteiger partial charge in [-0.3, -0.25) is 9.36 Å². The second-order valence-electron chi connectivity index (χ2n) is 10.2. The maximum Gasteiger partial charge on any atom is 0.242 e. The van der Waals surface area contributed by atoms with E-state index in [0.717, 1.165) is 23.2 Å². The first-order valence-corrected chi connectivity index (χ1v) is 14.5. The molecule has 196 valence electrons. The molecular weight excluding hydrogens is 524 g/mol. The van der Waals surface area contributed by atoms with Crippen LogP contribution in [0.5, 0.6) is 11.6 Å². The number of hydrogen-bond acceptors (Lipinski definition) is 8. The normalized spacial score (nSPS) is 12.3. The number of hydrogen-bond donors (Lipinski definition) is 2. The van der Waals surface area contributed by atoms with E-state index in [1.807, 2.05) is 24.3 Å². The molecule has 0 saturated carbocycles. The van der Waals surface area contributed by atoms with Gasteiger partial charge >= 0.3 is 0 Å². The van der Waals surface area contributed by atoms with Gasteiger partial charge in [0.1, 0.15) is 5.76 Å². The fourth-order valence-electron chi connectivity index (χ4n) is 4.25. The molecule has 3 aromatic heterocycles. The van der Waals surface area contributed by atoms with Crippen LogP contribution in [0, 0.1) is 6.92 Å². The predicted molar refractivity (Wildman–Crippen MR) is 146 cm³/mol. The molecule has 5 aromatic rings. The van der Waals surface area contributed by atoms with Gasteiger partial charge in [0.05, 0.1) is 26.4 Å². The number of aryl methyl sites for hydroxylation is 1. The van der Waals surface area contributed by atoms with Crippen molar-refractivity contribution in [2.75, 3.05) is 6.26 Å². The molecule has 3 heterocycles. The second-order valence-corrected chi connectivity index (χ2v) is 13.2. The van der Waals surface area contributed by atoms with Crippen molar-refractivity contribution in [1.29, 1.82) is 0 Å². The Balaban J connectivity index is 1.78. The summed E-state index contributed by atoms with van der Waals surface area (Å²) in [5, 5.41) is 22.4. The number of sulfone groups is 1. The minimum atomic E-state index is -3.44. The Morgan fingerprint density at radius 2 is 1.71 bits per heavy atom. The number of aromatic nitrogens is 2. The van der Waals surface area contributed by atoms with Gasteiger partial charge in [-0.2, -0.15) is 0 Å². The minimum Gasteiger partial charge on any atom is -0.503 e. The van der Waals surface area contributed by atoms with Gasteiger partial charge in [0.15, 0.2) is 26.5 Å². The summed E-state index contributed by atoms with van der Waals surface area (Å²) in [7, 11) is -3.44. The zero-order chi connectivity index (χ0) is 27.6. The first-order chi connectivity index (χ1) is 17.8. The quantitative estimate of drug-likeness (QED) is 0.257. The number of carbonyl (C=O) groups excluding carboxylic acids is 1. The highest BCUT2D eigenvalue weighted by Crippen LogP contribution is 2.45. The third kappa shape index (κ3) is 4.39. The number of fused-ring (bicyclic) bond motifs is 1. The molecule has 0 fully saturated rings. The van der Waals surface area contributed by atoms with E-state index in [-0.39, 0.29) is 32.5 Å². The van der Waals surface area contributed by atoms with E-state index in [1.54, 1.807) is 19.1 Å². The van der Waals surface area contributed by atoms with Crippen LogP contribution < -0.4 is 0 Å². The van der Waals surface area contributed by atoms with E-state index < -0.39 is 27.2 Å². The van der Waals surface area contributed by atoms with E-state index in [1.165, 1.54) is 22.8 Å². The number of thiazole rings is 1. The molecule has 0 aliphatic rings. The van der Waals surface area contributed by atoms with E-state index in [2.05, 4.69) is 25.8 Å².